The maximum atomic E-state index is 12.2. The van der Waals surface area contributed by atoms with Gasteiger partial charge < -0.3 is 25.6 Å². The summed E-state index contributed by atoms with van der Waals surface area (Å²) >= 11 is 0. The molecule has 7 heteroatoms. The molecule has 1 aliphatic heterocycles. The van der Waals surface area contributed by atoms with Crippen LogP contribution in [0.15, 0.2) is 0 Å². The number of aliphatic hydroxyl groups excluding tert-OH is 2. The van der Waals surface area contributed by atoms with Gasteiger partial charge in [-0.2, -0.15) is 0 Å². The molecule has 26 heavy (non-hydrogen) atoms. The van der Waals surface area contributed by atoms with Crippen LogP contribution in [0.3, 0.4) is 0 Å². The van der Waals surface area contributed by atoms with Gasteiger partial charge in [0.1, 0.15) is 12.2 Å². The van der Waals surface area contributed by atoms with Crippen LogP contribution >= 0.6 is 0 Å². The fraction of sp³-hybridized carbons (Fsp3) is 0.895. The molecule has 1 rings (SSSR count). The third-order valence-corrected chi connectivity index (χ3v) is 4.82. The predicted molar refractivity (Wildman–Crippen MR) is 99.6 cm³/mol. The lowest BCUT2D eigenvalue weighted by Crippen LogP contribution is -2.65. The number of carbonyl (C=O) groups is 2. The van der Waals surface area contributed by atoms with E-state index in [4.69, 9.17) is 4.74 Å². The van der Waals surface area contributed by atoms with Gasteiger partial charge in [0, 0.05) is 13.0 Å². The Balaban J connectivity index is 2.49. The highest BCUT2D eigenvalue weighted by Crippen LogP contribution is 2.21. The summed E-state index contributed by atoms with van der Waals surface area (Å²) in [5, 5.41) is 26.1. The molecular formula is C19H36N2O5. The second-order valence-electron chi connectivity index (χ2n) is 7.15. The van der Waals surface area contributed by atoms with Crippen LogP contribution in [0.1, 0.15) is 72.1 Å². The first-order valence-electron chi connectivity index (χ1n) is 10.0. The third-order valence-electron chi connectivity index (χ3n) is 4.82. The Morgan fingerprint density at radius 2 is 1.62 bits per heavy atom. The first-order valence-corrected chi connectivity index (χ1v) is 10.0. The van der Waals surface area contributed by atoms with Crippen molar-refractivity contribution >= 4 is 11.8 Å². The zero-order valence-electron chi connectivity index (χ0n) is 16.4. The van der Waals surface area contributed by atoms with E-state index in [0.717, 1.165) is 44.9 Å². The summed E-state index contributed by atoms with van der Waals surface area (Å²) in [6.07, 6.45) is 2.98. The molecule has 0 spiro atoms. The van der Waals surface area contributed by atoms with Gasteiger partial charge in [-0.1, -0.05) is 46.0 Å². The fourth-order valence-corrected chi connectivity index (χ4v) is 3.14. The number of amides is 2. The highest BCUT2D eigenvalue weighted by Gasteiger charge is 2.46. The molecule has 4 N–H and O–H groups in total. The van der Waals surface area contributed by atoms with Crippen molar-refractivity contribution in [2.24, 2.45) is 0 Å². The second-order valence-corrected chi connectivity index (χ2v) is 7.15. The average molecular weight is 373 g/mol. The van der Waals surface area contributed by atoms with Crippen molar-refractivity contribution < 1.29 is 24.5 Å². The SMILES string of the molecule is CCCCCCNC(=O)C1O[C@@H](C)C(NC(=O)CCCCC)[C@@H](O)[C@@H]1O. The Hall–Kier alpha value is -1.18. The van der Waals surface area contributed by atoms with Crippen molar-refractivity contribution in [2.75, 3.05) is 6.54 Å². The van der Waals surface area contributed by atoms with E-state index in [2.05, 4.69) is 24.5 Å². The van der Waals surface area contributed by atoms with Crippen LogP contribution in [0, 0.1) is 0 Å². The zero-order chi connectivity index (χ0) is 19.5. The zero-order valence-corrected chi connectivity index (χ0v) is 16.4. The normalized spacial score (nSPS) is 28.6. The minimum Gasteiger partial charge on any atom is -0.388 e. The van der Waals surface area contributed by atoms with Gasteiger partial charge in [-0.3, -0.25) is 9.59 Å². The minimum atomic E-state index is -1.37. The molecule has 5 atom stereocenters. The molecule has 1 fully saturated rings. The Morgan fingerprint density at radius 3 is 2.27 bits per heavy atom. The van der Waals surface area contributed by atoms with Gasteiger partial charge in [-0.25, -0.2) is 0 Å². The summed E-state index contributed by atoms with van der Waals surface area (Å²) in [6.45, 7) is 6.39. The molecule has 1 aliphatic rings. The molecule has 0 aromatic carbocycles. The van der Waals surface area contributed by atoms with Crippen molar-refractivity contribution in [2.45, 2.75) is 103 Å². The Bertz CT molecular complexity index is 432. The molecule has 0 bridgehead atoms. The largest absolute Gasteiger partial charge is 0.388 e. The number of hydrogen-bond acceptors (Lipinski definition) is 5. The molecule has 2 amide bonds. The molecular weight excluding hydrogens is 336 g/mol. The molecule has 2 unspecified atom stereocenters. The first-order chi connectivity index (χ1) is 12.4. The van der Waals surface area contributed by atoms with Gasteiger partial charge in [0.15, 0.2) is 6.10 Å². The van der Waals surface area contributed by atoms with Crippen molar-refractivity contribution in [3.63, 3.8) is 0 Å². The van der Waals surface area contributed by atoms with E-state index >= 15 is 0 Å². The molecule has 0 aliphatic carbocycles. The van der Waals surface area contributed by atoms with E-state index in [1.165, 1.54) is 0 Å². The van der Waals surface area contributed by atoms with Crippen LogP contribution in [0.2, 0.25) is 0 Å². The summed E-state index contributed by atoms with van der Waals surface area (Å²) in [5.41, 5.74) is 0. The van der Waals surface area contributed by atoms with Gasteiger partial charge in [-0.15, -0.1) is 0 Å². The number of rotatable bonds is 11. The quantitative estimate of drug-likeness (QED) is 0.408. The van der Waals surface area contributed by atoms with Crippen molar-refractivity contribution in [1.82, 2.24) is 10.6 Å². The summed E-state index contributed by atoms with van der Waals surface area (Å²) < 4.78 is 5.61. The molecule has 152 valence electrons. The van der Waals surface area contributed by atoms with Gasteiger partial charge in [-0.05, 0) is 19.8 Å². The molecule has 7 nitrogen and oxygen atoms in total. The number of hydrogen-bond donors (Lipinski definition) is 4. The highest BCUT2D eigenvalue weighted by molar-refractivity contribution is 5.82. The molecule has 0 aromatic rings. The van der Waals surface area contributed by atoms with Gasteiger partial charge in [0.25, 0.3) is 5.91 Å². The van der Waals surface area contributed by atoms with E-state index in [-0.39, 0.29) is 5.91 Å². The van der Waals surface area contributed by atoms with Crippen molar-refractivity contribution in [1.29, 1.82) is 0 Å². The maximum absolute atomic E-state index is 12.2. The van der Waals surface area contributed by atoms with Crippen molar-refractivity contribution in [3.05, 3.63) is 0 Å². The maximum Gasteiger partial charge on any atom is 0.251 e. The van der Waals surface area contributed by atoms with Crippen molar-refractivity contribution in [3.8, 4) is 0 Å². The predicted octanol–water partition coefficient (Wildman–Crippen LogP) is 1.26. The monoisotopic (exact) mass is 372 g/mol. The Labute approximate surface area is 156 Å². The first kappa shape index (κ1) is 22.9. The molecule has 0 aromatic heterocycles. The second kappa shape index (κ2) is 12.3. The van der Waals surface area contributed by atoms with Crippen LogP contribution in [-0.4, -0.2) is 59.0 Å². The molecule has 0 radical (unpaired) electrons. The number of carbonyl (C=O) groups excluding carboxylic acids is 2. The lowest BCUT2D eigenvalue weighted by molar-refractivity contribution is -0.188. The summed E-state index contributed by atoms with van der Waals surface area (Å²) in [7, 11) is 0. The summed E-state index contributed by atoms with van der Waals surface area (Å²) in [5.74, 6) is -0.600. The van der Waals surface area contributed by atoms with Crippen LogP contribution in [0.25, 0.3) is 0 Å². The van der Waals surface area contributed by atoms with Gasteiger partial charge in [0.2, 0.25) is 5.91 Å². The highest BCUT2D eigenvalue weighted by atomic mass is 16.5. The number of nitrogens with one attached hydrogen (secondary N) is 2. The number of aliphatic hydroxyl groups is 2. The third kappa shape index (κ3) is 7.21. The topological polar surface area (TPSA) is 108 Å². The smallest absolute Gasteiger partial charge is 0.251 e. The van der Waals surface area contributed by atoms with Crippen LogP contribution in [0.5, 0.6) is 0 Å². The number of unbranched alkanes of at least 4 members (excludes halogenated alkanes) is 5. The number of ether oxygens (including phenoxy) is 1. The molecule has 1 saturated heterocycles. The summed E-state index contributed by atoms with van der Waals surface area (Å²) in [4.78, 5) is 24.2. The lowest BCUT2D eigenvalue weighted by Gasteiger charge is -2.41. The van der Waals surface area contributed by atoms with E-state index in [1.807, 2.05) is 0 Å². The summed E-state index contributed by atoms with van der Waals surface area (Å²) in [6, 6.07) is -0.729. The van der Waals surface area contributed by atoms with E-state index in [9.17, 15) is 19.8 Å². The molecule has 0 saturated carbocycles. The van der Waals surface area contributed by atoms with Crippen LogP contribution < -0.4 is 10.6 Å². The fourth-order valence-electron chi connectivity index (χ4n) is 3.14. The lowest BCUT2D eigenvalue weighted by atomic mass is 9.92. The minimum absolute atomic E-state index is 0.177. The van der Waals surface area contributed by atoms with E-state index in [0.29, 0.717) is 13.0 Å². The Kier molecular flexibility index (Phi) is 10.8. The molecule has 1 heterocycles. The van der Waals surface area contributed by atoms with Crippen LogP contribution in [0.4, 0.5) is 0 Å². The van der Waals surface area contributed by atoms with E-state index < -0.39 is 36.4 Å². The Morgan fingerprint density at radius 1 is 0.962 bits per heavy atom. The van der Waals surface area contributed by atoms with Crippen LogP contribution in [-0.2, 0) is 14.3 Å². The van der Waals surface area contributed by atoms with E-state index in [1.54, 1.807) is 6.92 Å². The van der Waals surface area contributed by atoms with Gasteiger partial charge in [0.05, 0.1) is 12.1 Å². The average Bonchev–Trinajstić information content (AvgIpc) is 2.61. The van der Waals surface area contributed by atoms with Gasteiger partial charge >= 0.3 is 0 Å². The standard InChI is InChI=1S/C19H36N2O5/c1-4-6-8-10-12-20-19(25)18-17(24)16(23)15(13(3)26-18)21-14(22)11-9-7-5-2/h13,15-18,23-24H,4-12H2,1-3H3,(H,20,25)(H,21,22)/t13-,15?,16+,17-,18?/m0/s1.